The largest absolute Gasteiger partial charge is 0.256 e. The van der Waals surface area contributed by atoms with Crippen LogP contribution in [0.3, 0.4) is 0 Å². The number of unbranched alkanes of at least 4 members (excludes halogenated alkanes) is 1. The van der Waals surface area contributed by atoms with E-state index in [0.29, 0.717) is 5.92 Å². The van der Waals surface area contributed by atoms with Crippen LogP contribution < -0.4 is 0 Å². The molecule has 90 valence electrons. The van der Waals surface area contributed by atoms with E-state index in [1.54, 1.807) is 0 Å². The number of fused-ring (bicyclic) bond motifs is 1. The van der Waals surface area contributed by atoms with E-state index in [0.717, 1.165) is 5.52 Å². The van der Waals surface area contributed by atoms with E-state index in [1.807, 2.05) is 12.3 Å². The summed E-state index contributed by atoms with van der Waals surface area (Å²) in [5, 5.41) is 1.33. The summed E-state index contributed by atoms with van der Waals surface area (Å²) in [5.41, 5.74) is 2.60. The topological polar surface area (TPSA) is 12.9 Å². The van der Waals surface area contributed by atoms with E-state index in [9.17, 15) is 0 Å². The molecular formula is C16H21N. The van der Waals surface area contributed by atoms with E-state index in [-0.39, 0.29) is 0 Å². The van der Waals surface area contributed by atoms with Crippen LogP contribution in [0.5, 0.6) is 0 Å². The van der Waals surface area contributed by atoms with E-state index in [4.69, 9.17) is 0 Å². The number of aromatic nitrogens is 1. The van der Waals surface area contributed by atoms with Gasteiger partial charge in [-0.25, -0.2) is 0 Å². The Labute approximate surface area is 104 Å². The lowest BCUT2D eigenvalue weighted by molar-refractivity contribution is 0.573. The van der Waals surface area contributed by atoms with Crippen molar-refractivity contribution in [2.45, 2.75) is 45.4 Å². The molecule has 2 aromatic rings. The van der Waals surface area contributed by atoms with Crippen molar-refractivity contribution in [1.82, 2.24) is 4.98 Å². The minimum absolute atomic E-state index is 0.683. The van der Waals surface area contributed by atoms with Gasteiger partial charge in [0, 0.05) is 11.6 Å². The third-order valence-corrected chi connectivity index (χ3v) is 3.52. The van der Waals surface area contributed by atoms with Gasteiger partial charge < -0.3 is 0 Å². The zero-order valence-corrected chi connectivity index (χ0v) is 10.8. The van der Waals surface area contributed by atoms with Crippen LogP contribution in [0.2, 0.25) is 0 Å². The molecule has 17 heavy (non-hydrogen) atoms. The molecule has 1 aromatic heterocycles. The fourth-order valence-corrected chi connectivity index (χ4v) is 2.51. The van der Waals surface area contributed by atoms with E-state index in [2.05, 4.69) is 43.1 Å². The molecule has 0 fully saturated rings. The second kappa shape index (κ2) is 5.81. The fourth-order valence-electron chi connectivity index (χ4n) is 2.51. The van der Waals surface area contributed by atoms with Crippen LogP contribution in [-0.4, -0.2) is 4.98 Å². The van der Waals surface area contributed by atoms with Crippen molar-refractivity contribution >= 4 is 10.9 Å². The Balaban J connectivity index is 2.38. The number of rotatable bonds is 5. The van der Waals surface area contributed by atoms with Crippen molar-refractivity contribution < 1.29 is 0 Å². The lowest BCUT2D eigenvalue weighted by atomic mass is 9.89. The molecule has 0 N–H and O–H groups in total. The summed E-state index contributed by atoms with van der Waals surface area (Å²) in [7, 11) is 0. The van der Waals surface area contributed by atoms with E-state index < -0.39 is 0 Å². The Morgan fingerprint density at radius 3 is 2.76 bits per heavy atom. The minimum atomic E-state index is 0.683. The van der Waals surface area contributed by atoms with Gasteiger partial charge >= 0.3 is 0 Å². The maximum atomic E-state index is 4.44. The van der Waals surface area contributed by atoms with Crippen molar-refractivity contribution in [2.75, 3.05) is 0 Å². The molecule has 0 spiro atoms. The smallest absolute Gasteiger partial charge is 0.0704 e. The number of hydrogen-bond donors (Lipinski definition) is 0. The summed E-state index contributed by atoms with van der Waals surface area (Å²) in [5.74, 6) is 0.683. The van der Waals surface area contributed by atoms with Gasteiger partial charge in [-0.3, -0.25) is 4.98 Å². The lowest BCUT2D eigenvalue weighted by Crippen LogP contribution is -1.98. The Hall–Kier alpha value is -1.37. The molecule has 0 aliphatic carbocycles. The quantitative estimate of drug-likeness (QED) is 0.706. The summed E-state index contributed by atoms with van der Waals surface area (Å²) in [6.45, 7) is 4.55. The van der Waals surface area contributed by atoms with Crippen LogP contribution in [0.4, 0.5) is 0 Å². The van der Waals surface area contributed by atoms with Crippen molar-refractivity contribution in [3.63, 3.8) is 0 Å². The predicted molar refractivity (Wildman–Crippen MR) is 74.3 cm³/mol. The number of pyridine rings is 1. The van der Waals surface area contributed by atoms with Crippen molar-refractivity contribution in [2.24, 2.45) is 0 Å². The van der Waals surface area contributed by atoms with Gasteiger partial charge in [0.1, 0.15) is 0 Å². The van der Waals surface area contributed by atoms with Crippen molar-refractivity contribution in [3.8, 4) is 0 Å². The molecule has 1 nitrogen and oxygen atoms in total. The molecule has 2 rings (SSSR count). The third kappa shape index (κ3) is 2.66. The predicted octanol–water partition coefficient (Wildman–Crippen LogP) is 4.92. The van der Waals surface area contributed by atoms with Crippen LogP contribution in [-0.2, 0) is 0 Å². The molecule has 0 amide bonds. The standard InChI is InChI=1S/C16H21N/c1-3-5-8-13(4-2)14-9-6-11-16-15(14)10-7-12-17-16/h6-7,9-13H,3-5,8H2,1-2H3. The van der Waals surface area contributed by atoms with Gasteiger partial charge in [-0.2, -0.15) is 0 Å². The summed E-state index contributed by atoms with van der Waals surface area (Å²) >= 11 is 0. The highest BCUT2D eigenvalue weighted by molar-refractivity contribution is 5.82. The first-order valence-electron chi connectivity index (χ1n) is 6.70. The molecule has 1 atom stereocenters. The number of benzene rings is 1. The second-order valence-corrected chi connectivity index (χ2v) is 4.66. The van der Waals surface area contributed by atoms with Gasteiger partial charge in [0.15, 0.2) is 0 Å². The summed E-state index contributed by atoms with van der Waals surface area (Å²) in [4.78, 5) is 4.44. The lowest BCUT2D eigenvalue weighted by Gasteiger charge is -2.17. The highest BCUT2D eigenvalue weighted by Crippen LogP contribution is 2.30. The first-order chi connectivity index (χ1) is 8.36. The van der Waals surface area contributed by atoms with Crippen LogP contribution >= 0.6 is 0 Å². The second-order valence-electron chi connectivity index (χ2n) is 4.66. The van der Waals surface area contributed by atoms with Gasteiger partial charge in [0.25, 0.3) is 0 Å². The zero-order chi connectivity index (χ0) is 12.1. The average Bonchev–Trinajstić information content (AvgIpc) is 2.40. The summed E-state index contributed by atoms with van der Waals surface area (Å²) in [6.07, 6.45) is 6.97. The molecule has 0 saturated heterocycles. The molecular weight excluding hydrogens is 206 g/mol. The van der Waals surface area contributed by atoms with Gasteiger partial charge in [-0.1, -0.05) is 44.9 Å². The van der Waals surface area contributed by atoms with Crippen LogP contribution in [0, 0.1) is 0 Å². The molecule has 1 heterocycles. The molecule has 0 aliphatic heterocycles. The molecule has 0 saturated carbocycles. The van der Waals surface area contributed by atoms with Crippen LogP contribution in [0.25, 0.3) is 10.9 Å². The van der Waals surface area contributed by atoms with Gasteiger partial charge in [0.05, 0.1) is 5.52 Å². The normalized spacial score (nSPS) is 12.8. The molecule has 0 aliphatic rings. The zero-order valence-electron chi connectivity index (χ0n) is 10.8. The third-order valence-electron chi connectivity index (χ3n) is 3.52. The Bertz CT molecular complexity index is 470. The maximum Gasteiger partial charge on any atom is 0.0704 e. The molecule has 0 bridgehead atoms. The van der Waals surface area contributed by atoms with Crippen LogP contribution in [0.15, 0.2) is 36.5 Å². The number of hydrogen-bond acceptors (Lipinski definition) is 1. The monoisotopic (exact) mass is 227 g/mol. The van der Waals surface area contributed by atoms with Gasteiger partial charge in [-0.05, 0) is 36.5 Å². The van der Waals surface area contributed by atoms with Gasteiger partial charge in [-0.15, -0.1) is 0 Å². The minimum Gasteiger partial charge on any atom is -0.256 e. The Kier molecular flexibility index (Phi) is 4.13. The summed E-state index contributed by atoms with van der Waals surface area (Å²) in [6, 6.07) is 10.8. The van der Waals surface area contributed by atoms with E-state index in [1.165, 1.54) is 36.6 Å². The van der Waals surface area contributed by atoms with Crippen molar-refractivity contribution in [3.05, 3.63) is 42.1 Å². The van der Waals surface area contributed by atoms with E-state index >= 15 is 0 Å². The van der Waals surface area contributed by atoms with Gasteiger partial charge in [0.2, 0.25) is 0 Å². The molecule has 0 radical (unpaired) electrons. The fraction of sp³-hybridized carbons (Fsp3) is 0.438. The number of nitrogens with zero attached hydrogens (tertiary/aromatic N) is 1. The van der Waals surface area contributed by atoms with Crippen LogP contribution in [0.1, 0.15) is 51.0 Å². The average molecular weight is 227 g/mol. The highest BCUT2D eigenvalue weighted by atomic mass is 14.6. The van der Waals surface area contributed by atoms with Crippen molar-refractivity contribution in [1.29, 1.82) is 0 Å². The maximum absolute atomic E-state index is 4.44. The Morgan fingerprint density at radius 1 is 1.12 bits per heavy atom. The molecule has 1 aromatic carbocycles. The first-order valence-corrected chi connectivity index (χ1v) is 6.70. The molecule has 1 heteroatoms. The molecule has 1 unspecified atom stereocenters. The highest BCUT2D eigenvalue weighted by Gasteiger charge is 2.11. The first kappa shape index (κ1) is 12.1. The summed E-state index contributed by atoms with van der Waals surface area (Å²) < 4.78 is 0. The SMILES string of the molecule is CCCCC(CC)c1cccc2ncccc12. The Morgan fingerprint density at radius 2 is 2.00 bits per heavy atom.